The highest BCUT2D eigenvalue weighted by molar-refractivity contribution is 7.92. The number of aryl methyl sites for hydroxylation is 2. The number of nitrogens with zero attached hydrogens (tertiary/aromatic N) is 1. The third kappa shape index (κ3) is 4.80. The Bertz CT molecular complexity index is 1050. The first-order valence-corrected chi connectivity index (χ1v) is 10.3. The Morgan fingerprint density at radius 1 is 1.00 bits per heavy atom. The second kappa shape index (κ2) is 8.31. The zero-order valence-corrected chi connectivity index (χ0v) is 16.9. The zero-order chi connectivity index (χ0) is 20.1. The molecule has 1 heterocycles. The standard InChI is InChI=1S/C21H23N3O3S/c1-15-4-6-17(7-5-15)13-22-18-8-11-21(23-14-18)24-28(25,26)20-10-9-19(27-3)12-16(20)2/h4-12,14,22H,13H2,1-3H3,(H,23,24). The minimum Gasteiger partial charge on any atom is -0.497 e. The third-order valence-electron chi connectivity index (χ3n) is 4.29. The third-order valence-corrected chi connectivity index (χ3v) is 5.81. The molecule has 0 fully saturated rings. The molecule has 146 valence electrons. The Hall–Kier alpha value is -3.06. The molecule has 0 amide bonds. The molecule has 3 rings (SSSR count). The second-order valence-corrected chi connectivity index (χ2v) is 8.16. The molecule has 0 unspecified atom stereocenters. The minimum absolute atomic E-state index is 0.191. The van der Waals surface area contributed by atoms with Crippen LogP contribution in [0.2, 0.25) is 0 Å². The largest absolute Gasteiger partial charge is 0.497 e. The molecule has 0 saturated heterocycles. The average Bonchev–Trinajstić information content (AvgIpc) is 2.68. The van der Waals surface area contributed by atoms with E-state index >= 15 is 0 Å². The SMILES string of the molecule is COc1ccc(S(=O)(=O)Nc2ccc(NCc3ccc(C)cc3)cn2)c(C)c1. The molecule has 2 N–H and O–H groups in total. The van der Waals surface area contributed by atoms with E-state index in [1.807, 2.05) is 6.92 Å². The van der Waals surface area contributed by atoms with E-state index < -0.39 is 10.0 Å². The molecule has 0 aliphatic carbocycles. The molecule has 0 aliphatic heterocycles. The first-order chi connectivity index (χ1) is 13.4. The smallest absolute Gasteiger partial charge is 0.263 e. The number of sulfonamides is 1. The van der Waals surface area contributed by atoms with Gasteiger partial charge in [-0.15, -0.1) is 0 Å². The maximum atomic E-state index is 12.6. The number of benzene rings is 2. The summed E-state index contributed by atoms with van der Waals surface area (Å²) in [5.74, 6) is 0.870. The Labute approximate surface area is 165 Å². The van der Waals surface area contributed by atoms with E-state index in [0.717, 1.165) is 11.3 Å². The van der Waals surface area contributed by atoms with E-state index in [4.69, 9.17) is 4.74 Å². The van der Waals surface area contributed by atoms with Gasteiger partial charge in [-0.1, -0.05) is 29.8 Å². The van der Waals surface area contributed by atoms with Crippen LogP contribution in [0.25, 0.3) is 0 Å². The van der Waals surface area contributed by atoms with Gasteiger partial charge in [0.25, 0.3) is 10.0 Å². The Balaban J connectivity index is 1.67. The van der Waals surface area contributed by atoms with Crippen molar-refractivity contribution in [3.8, 4) is 5.75 Å². The number of rotatable bonds is 7. The van der Waals surface area contributed by atoms with Gasteiger partial charge in [0.05, 0.1) is 23.9 Å². The average molecular weight is 398 g/mol. The molecule has 0 atom stereocenters. The van der Waals surface area contributed by atoms with Crippen LogP contribution >= 0.6 is 0 Å². The number of methoxy groups -OCH3 is 1. The van der Waals surface area contributed by atoms with Crippen LogP contribution in [0.4, 0.5) is 11.5 Å². The van der Waals surface area contributed by atoms with Crippen molar-refractivity contribution in [3.63, 3.8) is 0 Å². The number of pyridine rings is 1. The highest BCUT2D eigenvalue weighted by atomic mass is 32.2. The summed E-state index contributed by atoms with van der Waals surface area (Å²) < 4.78 is 32.9. The molecule has 7 heteroatoms. The van der Waals surface area contributed by atoms with Crippen molar-refractivity contribution in [3.05, 3.63) is 77.5 Å². The quantitative estimate of drug-likeness (QED) is 0.627. The second-order valence-electron chi connectivity index (χ2n) is 6.51. The maximum absolute atomic E-state index is 12.6. The van der Waals surface area contributed by atoms with Gasteiger partial charge < -0.3 is 10.1 Å². The molecule has 1 aromatic heterocycles. The highest BCUT2D eigenvalue weighted by Crippen LogP contribution is 2.23. The molecular weight excluding hydrogens is 374 g/mol. The van der Waals surface area contributed by atoms with Gasteiger partial charge in [0.1, 0.15) is 11.6 Å². The van der Waals surface area contributed by atoms with Crippen LogP contribution < -0.4 is 14.8 Å². The van der Waals surface area contributed by atoms with Crippen LogP contribution in [0, 0.1) is 13.8 Å². The van der Waals surface area contributed by atoms with Crippen LogP contribution in [0.1, 0.15) is 16.7 Å². The van der Waals surface area contributed by atoms with Gasteiger partial charge in [-0.05, 0) is 55.3 Å². The fourth-order valence-corrected chi connectivity index (χ4v) is 3.95. The number of ether oxygens (including phenoxy) is 1. The predicted octanol–water partition coefficient (Wildman–Crippen LogP) is 4.12. The van der Waals surface area contributed by atoms with Gasteiger partial charge in [0, 0.05) is 6.54 Å². The summed E-state index contributed by atoms with van der Waals surface area (Å²) in [5.41, 5.74) is 3.78. The summed E-state index contributed by atoms with van der Waals surface area (Å²) >= 11 is 0. The van der Waals surface area contributed by atoms with Crippen molar-refractivity contribution in [1.29, 1.82) is 0 Å². The molecule has 28 heavy (non-hydrogen) atoms. The molecule has 0 saturated carbocycles. The number of hydrogen-bond acceptors (Lipinski definition) is 5. The lowest BCUT2D eigenvalue weighted by atomic mass is 10.1. The normalized spacial score (nSPS) is 11.1. The lowest BCUT2D eigenvalue weighted by Crippen LogP contribution is -2.15. The summed E-state index contributed by atoms with van der Waals surface area (Å²) in [4.78, 5) is 4.39. The Morgan fingerprint density at radius 2 is 1.75 bits per heavy atom. The number of anilines is 2. The molecule has 6 nitrogen and oxygen atoms in total. The first-order valence-electron chi connectivity index (χ1n) is 8.80. The van der Waals surface area contributed by atoms with Crippen molar-refractivity contribution in [2.45, 2.75) is 25.3 Å². The summed E-state index contributed by atoms with van der Waals surface area (Å²) in [7, 11) is -2.19. The number of aromatic nitrogens is 1. The van der Waals surface area contributed by atoms with E-state index in [2.05, 4.69) is 39.3 Å². The van der Waals surface area contributed by atoms with Gasteiger partial charge in [0.15, 0.2) is 0 Å². The van der Waals surface area contributed by atoms with Gasteiger partial charge in [-0.25, -0.2) is 13.4 Å². The lowest BCUT2D eigenvalue weighted by molar-refractivity contribution is 0.414. The van der Waals surface area contributed by atoms with E-state index in [-0.39, 0.29) is 10.7 Å². The van der Waals surface area contributed by atoms with Gasteiger partial charge in [0.2, 0.25) is 0 Å². The maximum Gasteiger partial charge on any atom is 0.263 e. The van der Waals surface area contributed by atoms with E-state index in [0.29, 0.717) is 17.9 Å². The van der Waals surface area contributed by atoms with Crippen LogP contribution in [-0.4, -0.2) is 20.5 Å². The van der Waals surface area contributed by atoms with Gasteiger partial charge >= 0.3 is 0 Å². The van der Waals surface area contributed by atoms with E-state index in [1.165, 1.54) is 11.6 Å². The van der Waals surface area contributed by atoms with Crippen LogP contribution in [0.3, 0.4) is 0 Å². The number of nitrogens with one attached hydrogen (secondary N) is 2. The number of hydrogen-bond donors (Lipinski definition) is 2. The minimum atomic E-state index is -3.73. The first kappa shape index (κ1) is 19.7. The fraction of sp³-hybridized carbons (Fsp3) is 0.190. The van der Waals surface area contributed by atoms with E-state index in [1.54, 1.807) is 44.5 Å². The molecule has 2 aromatic carbocycles. The van der Waals surface area contributed by atoms with Gasteiger partial charge in [-0.3, -0.25) is 4.72 Å². The van der Waals surface area contributed by atoms with Crippen molar-refractivity contribution in [1.82, 2.24) is 4.98 Å². The Morgan fingerprint density at radius 3 is 2.36 bits per heavy atom. The molecule has 0 aliphatic rings. The highest BCUT2D eigenvalue weighted by Gasteiger charge is 2.18. The lowest BCUT2D eigenvalue weighted by Gasteiger charge is -2.12. The fourth-order valence-electron chi connectivity index (χ4n) is 2.71. The van der Waals surface area contributed by atoms with Crippen LogP contribution in [-0.2, 0) is 16.6 Å². The van der Waals surface area contributed by atoms with Gasteiger partial charge in [-0.2, -0.15) is 0 Å². The van der Waals surface area contributed by atoms with Crippen LogP contribution in [0.15, 0.2) is 65.7 Å². The molecule has 0 radical (unpaired) electrons. The predicted molar refractivity (Wildman–Crippen MR) is 111 cm³/mol. The summed E-state index contributed by atoms with van der Waals surface area (Å²) in [6, 6.07) is 16.5. The summed E-state index contributed by atoms with van der Waals surface area (Å²) in [6.07, 6.45) is 1.60. The van der Waals surface area contributed by atoms with E-state index in [9.17, 15) is 8.42 Å². The zero-order valence-electron chi connectivity index (χ0n) is 16.1. The van der Waals surface area contributed by atoms with Crippen molar-refractivity contribution >= 4 is 21.5 Å². The molecular formula is C21H23N3O3S. The van der Waals surface area contributed by atoms with Crippen molar-refractivity contribution < 1.29 is 13.2 Å². The van der Waals surface area contributed by atoms with Crippen molar-refractivity contribution in [2.75, 3.05) is 17.1 Å². The Kier molecular flexibility index (Phi) is 5.84. The molecule has 0 bridgehead atoms. The monoisotopic (exact) mass is 397 g/mol. The summed E-state index contributed by atoms with van der Waals surface area (Å²) in [6.45, 7) is 4.44. The summed E-state index contributed by atoms with van der Waals surface area (Å²) in [5, 5.41) is 3.27. The van der Waals surface area contributed by atoms with Crippen LogP contribution in [0.5, 0.6) is 5.75 Å². The topological polar surface area (TPSA) is 80.3 Å². The molecule has 0 spiro atoms. The molecule has 3 aromatic rings. The van der Waals surface area contributed by atoms with Crippen molar-refractivity contribution in [2.24, 2.45) is 0 Å².